The van der Waals surface area contributed by atoms with Gasteiger partial charge in [-0.1, -0.05) is 11.5 Å². The molecule has 2 aliphatic carbocycles. The average molecular weight is 138 g/mol. The molecule has 0 aromatic rings. The predicted molar refractivity (Wildman–Crippen MR) is 38.4 cm³/mol. The molecular weight excluding hydrogens is 126 g/mol. The Morgan fingerprint density at radius 3 is 3.10 bits per heavy atom. The first kappa shape index (κ1) is 5.03. The van der Waals surface area contributed by atoms with Crippen molar-refractivity contribution in [3.8, 4) is 0 Å². The summed E-state index contributed by atoms with van der Waals surface area (Å²) in [6.45, 7) is 0. The fourth-order valence-corrected chi connectivity index (χ4v) is 2.17. The number of fused-ring (bicyclic) bond motifs is 2. The van der Waals surface area contributed by atoms with Crippen LogP contribution in [0.5, 0.6) is 0 Å². The van der Waals surface area contributed by atoms with Crippen LogP contribution in [0.4, 0.5) is 0 Å². The Bertz CT molecular complexity index is 210. The molecule has 0 heterocycles. The summed E-state index contributed by atoms with van der Waals surface area (Å²) in [4.78, 5) is 2.79. The highest BCUT2D eigenvalue weighted by Crippen LogP contribution is 2.45. The largest absolute Gasteiger partial charge is 0.0903 e. The molecule has 2 saturated carbocycles. The molecule has 3 unspecified atom stereocenters. The highest BCUT2D eigenvalue weighted by Gasteiger charge is 2.38. The molecule has 10 heavy (non-hydrogen) atoms. The van der Waals surface area contributed by atoms with Gasteiger partial charge in [-0.2, -0.15) is 0 Å². The maximum absolute atomic E-state index is 8.25. The quantitative estimate of drug-likeness (QED) is 0.303. The zero-order valence-electron chi connectivity index (χ0n) is 6.77. The topological polar surface area (TPSA) is 48.8 Å². The number of nitrogens with zero attached hydrogens (tertiary/aromatic N) is 3. The van der Waals surface area contributed by atoms with Crippen LogP contribution in [0.1, 0.15) is 27.0 Å². The lowest BCUT2D eigenvalue weighted by atomic mass is 9.96. The first-order valence-corrected chi connectivity index (χ1v) is 3.79. The summed E-state index contributed by atoms with van der Waals surface area (Å²) in [5.74, 6) is 1.05. The summed E-state index contributed by atoms with van der Waals surface area (Å²) in [6.07, 6.45) is 3.36. The molecule has 0 aliphatic heterocycles. The molecule has 0 saturated heterocycles. The molecule has 0 N–H and O–H groups in total. The van der Waals surface area contributed by atoms with E-state index in [0.717, 1.165) is 6.42 Å². The van der Waals surface area contributed by atoms with E-state index in [1.54, 1.807) is 0 Å². The van der Waals surface area contributed by atoms with Crippen LogP contribution < -0.4 is 0 Å². The lowest BCUT2D eigenvalue weighted by molar-refractivity contribution is 0.417. The van der Waals surface area contributed by atoms with Crippen molar-refractivity contribution in [3.63, 3.8) is 0 Å². The van der Waals surface area contributed by atoms with Gasteiger partial charge in [0.2, 0.25) is 0 Å². The third-order valence-corrected chi connectivity index (χ3v) is 2.65. The van der Waals surface area contributed by atoms with Crippen molar-refractivity contribution >= 4 is 0 Å². The zero-order valence-corrected chi connectivity index (χ0v) is 5.77. The van der Waals surface area contributed by atoms with E-state index in [-0.39, 0.29) is 12.4 Å². The second kappa shape index (κ2) is 2.17. The molecule has 0 amide bonds. The highest BCUT2D eigenvalue weighted by atomic mass is 15.2. The smallest absolute Gasteiger partial charge is 0.0405 e. The van der Waals surface area contributed by atoms with E-state index >= 15 is 0 Å². The number of hydrogen-bond donors (Lipinski definition) is 0. The Hall–Kier alpha value is -0.690. The van der Waals surface area contributed by atoms with Crippen molar-refractivity contribution in [2.45, 2.75) is 31.7 Å². The Balaban J connectivity index is 2.17. The van der Waals surface area contributed by atoms with Gasteiger partial charge < -0.3 is 0 Å². The molecule has 2 rings (SSSR count). The highest BCUT2D eigenvalue weighted by molar-refractivity contribution is 4.94. The van der Waals surface area contributed by atoms with Gasteiger partial charge in [0.05, 0.1) is 0 Å². The molecule has 3 nitrogen and oxygen atoms in total. The predicted octanol–water partition coefficient (Wildman–Crippen LogP) is 2.49. The minimum atomic E-state index is -0.107. The summed E-state index contributed by atoms with van der Waals surface area (Å²) in [7, 11) is 0. The first-order chi connectivity index (χ1) is 5.33. The summed E-state index contributed by atoms with van der Waals surface area (Å²) in [5.41, 5.74) is 8.25. The summed E-state index contributed by atoms with van der Waals surface area (Å²) < 4.78 is 7.72. The first-order valence-electron chi connectivity index (χ1n) is 4.37. The van der Waals surface area contributed by atoms with Gasteiger partial charge in [0.15, 0.2) is 0 Å². The Morgan fingerprint density at radius 1 is 1.60 bits per heavy atom. The lowest BCUT2D eigenvalue weighted by Gasteiger charge is -2.15. The Kier molecular flexibility index (Phi) is 1.09. The van der Waals surface area contributed by atoms with Gasteiger partial charge in [-0.3, -0.25) is 0 Å². The van der Waals surface area contributed by atoms with Crippen molar-refractivity contribution < 1.29 is 1.37 Å². The molecule has 0 radical (unpaired) electrons. The number of hydrogen-bond acceptors (Lipinski definition) is 1. The van der Waals surface area contributed by atoms with Crippen molar-refractivity contribution in [2.24, 2.45) is 17.0 Å². The molecule has 0 aromatic carbocycles. The van der Waals surface area contributed by atoms with E-state index in [9.17, 15) is 0 Å². The standard InChI is InChI=1S/C7H11N3/c8-10-9-7-4-5-1-2-6(7)3-5/h5-7H,1-4H2/i4D/t4-,5?,6?,7?/m0/s1. The number of rotatable bonds is 1. The SMILES string of the molecule is [2H][C@H]1C2CCC(C2)C1N=[N+]=[N-]. The molecule has 4 atom stereocenters. The minimum absolute atomic E-state index is 0.0150. The van der Waals surface area contributed by atoms with Gasteiger partial charge in [-0.05, 0) is 36.6 Å². The fourth-order valence-electron chi connectivity index (χ4n) is 2.17. The van der Waals surface area contributed by atoms with Crippen LogP contribution >= 0.6 is 0 Å². The van der Waals surface area contributed by atoms with E-state index in [1.807, 2.05) is 0 Å². The zero-order chi connectivity index (χ0) is 7.84. The van der Waals surface area contributed by atoms with Gasteiger partial charge in [0, 0.05) is 12.3 Å². The van der Waals surface area contributed by atoms with Crippen molar-refractivity contribution in [1.29, 1.82) is 0 Å². The average Bonchev–Trinajstić information content (AvgIpc) is 2.54. The third kappa shape index (κ3) is 0.781. The molecule has 2 bridgehead atoms. The van der Waals surface area contributed by atoms with Crippen molar-refractivity contribution in [3.05, 3.63) is 10.4 Å². The lowest BCUT2D eigenvalue weighted by Crippen LogP contribution is -2.12. The molecule has 3 heteroatoms. The second-order valence-electron chi connectivity index (χ2n) is 3.22. The summed E-state index contributed by atoms with van der Waals surface area (Å²) in [6, 6.07) is -0.0150. The van der Waals surface area contributed by atoms with Crippen LogP contribution in [-0.4, -0.2) is 6.04 Å². The third-order valence-electron chi connectivity index (χ3n) is 2.65. The molecular formula is C7H11N3. The monoisotopic (exact) mass is 138 g/mol. The van der Waals surface area contributed by atoms with E-state index in [2.05, 4.69) is 10.0 Å². The van der Waals surface area contributed by atoms with Gasteiger partial charge in [-0.25, -0.2) is 0 Å². The van der Waals surface area contributed by atoms with E-state index in [1.165, 1.54) is 12.8 Å². The minimum Gasteiger partial charge on any atom is -0.0903 e. The van der Waals surface area contributed by atoms with Crippen molar-refractivity contribution in [1.82, 2.24) is 0 Å². The Morgan fingerprint density at radius 2 is 2.50 bits per heavy atom. The van der Waals surface area contributed by atoms with Crippen LogP contribution in [-0.2, 0) is 0 Å². The maximum atomic E-state index is 8.25. The Labute approximate surface area is 61.5 Å². The van der Waals surface area contributed by atoms with Crippen LogP contribution in [0, 0.1) is 11.8 Å². The fraction of sp³-hybridized carbons (Fsp3) is 1.00. The van der Waals surface area contributed by atoms with Gasteiger partial charge >= 0.3 is 0 Å². The molecule has 2 aliphatic rings. The van der Waals surface area contributed by atoms with Crippen LogP contribution in [0.15, 0.2) is 5.11 Å². The number of azide groups is 1. The normalized spacial score (nSPS) is 52.2. The molecule has 0 aromatic heterocycles. The summed E-state index contributed by atoms with van der Waals surface area (Å²) >= 11 is 0. The van der Waals surface area contributed by atoms with E-state index in [0.29, 0.717) is 11.8 Å². The molecule has 0 spiro atoms. The molecule has 2 fully saturated rings. The van der Waals surface area contributed by atoms with Crippen LogP contribution in [0.2, 0.25) is 0 Å². The second-order valence-corrected chi connectivity index (χ2v) is 3.22. The van der Waals surface area contributed by atoms with Gasteiger partial charge in [-0.15, -0.1) is 0 Å². The maximum Gasteiger partial charge on any atom is 0.0405 e. The van der Waals surface area contributed by atoms with Gasteiger partial charge in [0.1, 0.15) is 0 Å². The van der Waals surface area contributed by atoms with E-state index in [4.69, 9.17) is 6.90 Å². The van der Waals surface area contributed by atoms with Crippen LogP contribution in [0.25, 0.3) is 10.4 Å². The summed E-state index contributed by atoms with van der Waals surface area (Å²) in [5, 5.41) is 3.68. The van der Waals surface area contributed by atoms with Gasteiger partial charge in [0.25, 0.3) is 0 Å². The molecule has 54 valence electrons. The van der Waals surface area contributed by atoms with Crippen molar-refractivity contribution in [2.75, 3.05) is 0 Å². The van der Waals surface area contributed by atoms with Crippen LogP contribution in [0.3, 0.4) is 0 Å². The van der Waals surface area contributed by atoms with E-state index < -0.39 is 0 Å².